The van der Waals surface area contributed by atoms with Crippen LogP contribution < -0.4 is 5.32 Å². The largest absolute Gasteiger partial charge is 0.382 e. The van der Waals surface area contributed by atoms with E-state index in [4.69, 9.17) is 4.74 Å². The predicted molar refractivity (Wildman–Crippen MR) is 98.5 cm³/mol. The Labute approximate surface area is 150 Å². The summed E-state index contributed by atoms with van der Waals surface area (Å²) in [5, 5.41) is 2.95. The van der Waals surface area contributed by atoms with Gasteiger partial charge in [0.05, 0.1) is 0 Å². The number of amides is 2. The molecule has 0 atom stereocenters. The van der Waals surface area contributed by atoms with Gasteiger partial charge in [-0.1, -0.05) is 17.7 Å². The molecule has 1 aliphatic heterocycles. The molecular formula is C20H30N2O3. The van der Waals surface area contributed by atoms with Gasteiger partial charge in [0.2, 0.25) is 5.91 Å². The van der Waals surface area contributed by atoms with Gasteiger partial charge in [-0.2, -0.15) is 0 Å². The van der Waals surface area contributed by atoms with Crippen molar-refractivity contribution in [3.05, 3.63) is 35.4 Å². The van der Waals surface area contributed by atoms with Crippen molar-refractivity contribution in [3.8, 4) is 0 Å². The van der Waals surface area contributed by atoms with Crippen LogP contribution in [-0.4, -0.2) is 49.6 Å². The summed E-state index contributed by atoms with van der Waals surface area (Å²) in [6, 6.07) is 7.71. The highest BCUT2D eigenvalue weighted by Crippen LogP contribution is 2.22. The van der Waals surface area contributed by atoms with Crippen molar-refractivity contribution in [2.45, 2.75) is 39.5 Å². The lowest BCUT2D eigenvalue weighted by Gasteiger charge is -2.31. The molecule has 1 aliphatic rings. The average Bonchev–Trinajstić information content (AvgIpc) is 2.62. The van der Waals surface area contributed by atoms with E-state index in [2.05, 4.69) is 5.32 Å². The van der Waals surface area contributed by atoms with Crippen molar-refractivity contribution in [3.63, 3.8) is 0 Å². The van der Waals surface area contributed by atoms with Gasteiger partial charge in [0.15, 0.2) is 0 Å². The van der Waals surface area contributed by atoms with Gasteiger partial charge in [-0.15, -0.1) is 0 Å². The molecule has 0 aromatic heterocycles. The molecule has 1 heterocycles. The topological polar surface area (TPSA) is 58.6 Å². The van der Waals surface area contributed by atoms with E-state index in [9.17, 15) is 9.59 Å². The maximum atomic E-state index is 12.5. The molecule has 0 bridgehead atoms. The lowest BCUT2D eigenvalue weighted by Crippen LogP contribution is -2.39. The number of rotatable bonds is 8. The molecule has 0 spiro atoms. The van der Waals surface area contributed by atoms with Crippen LogP contribution in [0.15, 0.2) is 24.3 Å². The molecule has 0 unspecified atom stereocenters. The highest BCUT2D eigenvalue weighted by molar-refractivity contribution is 5.94. The Morgan fingerprint density at radius 2 is 1.88 bits per heavy atom. The molecule has 1 aromatic carbocycles. The van der Waals surface area contributed by atoms with E-state index in [0.29, 0.717) is 32.1 Å². The van der Waals surface area contributed by atoms with Gasteiger partial charge < -0.3 is 15.0 Å². The monoisotopic (exact) mass is 346 g/mol. The lowest BCUT2D eigenvalue weighted by atomic mass is 9.93. The Bertz CT molecular complexity index is 549. The molecule has 0 radical (unpaired) electrons. The summed E-state index contributed by atoms with van der Waals surface area (Å²) in [6.07, 6.45) is 3.19. The van der Waals surface area contributed by atoms with E-state index in [-0.39, 0.29) is 11.8 Å². The Hall–Kier alpha value is -1.88. The third-order valence-corrected chi connectivity index (χ3v) is 4.67. The summed E-state index contributed by atoms with van der Waals surface area (Å²) in [5.41, 5.74) is 1.90. The van der Waals surface area contributed by atoms with E-state index in [0.717, 1.165) is 43.5 Å². The van der Waals surface area contributed by atoms with Crippen LogP contribution in [0.25, 0.3) is 0 Å². The van der Waals surface area contributed by atoms with Gasteiger partial charge in [0.1, 0.15) is 0 Å². The van der Waals surface area contributed by atoms with Crippen molar-refractivity contribution in [2.24, 2.45) is 5.92 Å². The van der Waals surface area contributed by atoms with Crippen LogP contribution >= 0.6 is 0 Å². The minimum atomic E-state index is 0.0961. The van der Waals surface area contributed by atoms with Crippen molar-refractivity contribution in [2.75, 3.05) is 32.8 Å². The van der Waals surface area contributed by atoms with Crippen LogP contribution in [0.4, 0.5) is 0 Å². The second kappa shape index (κ2) is 10.2. The average molecular weight is 346 g/mol. The van der Waals surface area contributed by atoms with Crippen molar-refractivity contribution in [1.82, 2.24) is 10.2 Å². The molecular weight excluding hydrogens is 316 g/mol. The number of hydrogen-bond acceptors (Lipinski definition) is 3. The zero-order valence-electron chi connectivity index (χ0n) is 15.4. The zero-order valence-corrected chi connectivity index (χ0v) is 15.4. The molecule has 2 rings (SSSR count). The van der Waals surface area contributed by atoms with E-state index in [1.54, 1.807) is 0 Å². The van der Waals surface area contributed by atoms with Crippen molar-refractivity contribution >= 4 is 11.8 Å². The predicted octanol–water partition coefficient (Wildman–Crippen LogP) is 2.78. The second-order valence-electron chi connectivity index (χ2n) is 6.71. The SMILES string of the molecule is CCOCCCNC(=O)CC1CCN(C(=O)c2ccc(C)cc2)CC1. The summed E-state index contributed by atoms with van der Waals surface area (Å²) < 4.78 is 5.25. The van der Waals surface area contributed by atoms with Crippen LogP contribution in [0.1, 0.15) is 48.5 Å². The maximum absolute atomic E-state index is 12.5. The standard InChI is InChI=1S/C20H30N2O3/c1-3-25-14-4-11-21-19(23)15-17-9-12-22(13-10-17)20(24)18-7-5-16(2)6-8-18/h5-8,17H,3-4,9-15H2,1-2H3,(H,21,23). The number of likely N-dealkylation sites (tertiary alicyclic amines) is 1. The molecule has 1 aromatic rings. The number of hydrogen-bond donors (Lipinski definition) is 1. The third kappa shape index (κ3) is 6.50. The fourth-order valence-electron chi connectivity index (χ4n) is 3.10. The minimum Gasteiger partial charge on any atom is -0.382 e. The Balaban J connectivity index is 1.68. The molecule has 1 N–H and O–H groups in total. The number of benzene rings is 1. The van der Waals surface area contributed by atoms with E-state index in [1.807, 2.05) is 43.0 Å². The Morgan fingerprint density at radius 3 is 2.52 bits per heavy atom. The number of aryl methyl sites for hydroxylation is 1. The van der Waals surface area contributed by atoms with Crippen LogP contribution in [0.2, 0.25) is 0 Å². The summed E-state index contributed by atoms with van der Waals surface area (Å²) in [7, 11) is 0. The van der Waals surface area contributed by atoms with Crippen LogP contribution in [0.3, 0.4) is 0 Å². The van der Waals surface area contributed by atoms with E-state index >= 15 is 0 Å². The molecule has 1 fully saturated rings. The first-order valence-electron chi connectivity index (χ1n) is 9.30. The summed E-state index contributed by atoms with van der Waals surface area (Å²) in [6.45, 7) is 7.52. The number of piperidine rings is 1. The van der Waals surface area contributed by atoms with Gasteiger partial charge in [-0.05, 0) is 51.2 Å². The zero-order chi connectivity index (χ0) is 18.1. The number of nitrogens with zero attached hydrogens (tertiary/aromatic N) is 1. The number of ether oxygens (including phenoxy) is 1. The fourth-order valence-corrected chi connectivity index (χ4v) is 3.10. The first-order valence-corrected chi connectivity index (χ1v) is 9.30. The van der Waals surface area contributed by atoms with Gasteiger partial charge in [-0.3, -0.25) is 9.59 Å². The van der Waals surface area contributed by atoms with Crippen molar-refractivity contribution in [1.29, 1.82) is 0 Å². The third-order valence-electron chi connectivity index (χ3n) is 4.67. The van der Waals surface area contributed by atoms with Gasteiger partial charge in [-0.25, -0.2) is 0 Å². The first-order chi connectivity index (χ1) is 12.1. The van der Waals surface area contributed by atoms with E-state index < -0.39 is 0 Å². The van der Waals surface area contributed by atoms with Gasteiger partial charge in [0, 0.05) is 44.8 Å². The molecule has 5 nitrogen and oxygen atoms in total. The van der Waals surface area contributed by atoms with Crippen molar-refractivity contribution < 1.29 is 14.3 Å². The number of carbonyl (C=O) groups excluding carboxylic acids is 2. The maximum Gasteiger partial charge on any atom is 0.253 e. The van der Waals surface area contributed by atoms with Crippen LogP contribution in [-0.2, 0) is 9.53 Å². The minimum absolute atomic E-state index is 0.0961. The lowest BCUT2D eigenvalue weighted by molar-refractivity contribution is -0.122. The summed E-state index contributed by atoms with van der Waals surface area (Å²) >= 11 is 0. The first kappa shape index (κ1) is 19.4. The smallest absolute Gasteiger partial charge is 0.253 e. The molecule has 25 heavy (non-hydrogen) atoms. The molecule has 0 aliphatic carbocycles. The van der Waals surface area contributed by atoms with Crippen LogP contribution in [0.5, 0.6) is 0 Å². The number of nitrogens with one attached hydrogen (secondary N) is 1. The molecule has 2 amide bonds. The molecule has 1 saturated heterocycles. The molecule has 138 valence electrons. The van der Waals surface area contributed by atoms with E-state index in [1.165, 1.54) is 0 Å². The number of carbonyl (C=O) groups is 2. The normalized spacial score (nSPS) is 15.2. The molecule has 0 saturated carbocycles. The highest BCUT2D eigenvalue weighted by Gasteiger charge is 2.24. The highest BCUT2D eigenvalue weighted by atomic mass is 16.5. The molecule has 5 heteroatoms. The van der Waals surface area contributed by atoms with Crippen LogP contribution in [0, 0.1) is 12.8 Å². The Morgan fingerprint density at radius 1 is 1.20 bits per heavy atom. The summed E-state index contributed by atoms with van der Waals surface area (Å²) in [4.78, 5) is 26.4. The Kier molecular flexibility index (Phi) is 7.92. The van der Waals surface area contributed by atoms with Gasteiger partial charge >= 0.3 is 0 Å². The quantitative estimate of drug-likeness (QED) is 0.737. The second-order valence-corrected chi connectivity index (χ2v) is 6.71. The fraction of sp³-hybridized carbons (Fsp3) is 0.600. The summed E-state index contributed by atoms with van der Waals surface area (Å²) in [5.74, 6) is 0.576. The van der Waals surface area contributed by atoms with Gasteiger partial charge in [0.25, 0.3) is 5.91 Å².